The molecule has 0 nitrogen and oxygen atoms in total. The standard InChI is InChI=1S/2C32H31.2CH3.Si.Zr/c2*1-3-7-26(8-4-1)28-11-12-29(27-9-5-2-6-10-27)31-17-25(16-30(28)31)21-32-18-22-13-23(19-32)15-24(14-22)20-32;;;;/h2*1-12,16-17,22-24H,13-15,18-21H2;2*1H3;;/q4*-1;;. The molecule has 8 aliphatic carbocycles. The van der Waals surface area contributed by atoms with Crippen molar-refractivity contribution in [3.8, 4) is 44.5 Å². The van der Waals surface area contributed by atoms with Gasteiger partial charge in [-0.2, -0.15) is 12.1 Å². The normalized spacial score (nSPS) is 26.8. The van der Waals surface area contributed by atoms with Gasteiger partial charge in [-0.05, 0) is 147 Å². The third-order valence-corrected chi connectivity index (χ3v) is 17.7. The summed E-state index contributed by atoms with van der Waals surface area (Å²) < 4.78 is 0. The van der Waals surface area contributed by atoms with Crippen LogP contribution in [0.15, 0.2) is 170 Å². The van der Waals surface area contributed by atoms with Crippen molar-refractivity contribution in [2.75, 3.05) is 0 Å². The van der Waals surface area contributed by atoms with E-state index in [1.54, 1.807) is 11.1 Å². The number of rotatable bonds is 8. The molecule has 8 saturated carbocycles. The van der Waals surface area contributed by atoms with E-state index in [-0.39, 0.29) is 14.9 Å². The quantitative estimate of drug-likeness (QED) is 0.105. The van der Waals surface area contributed by atoms with E-state index >= 15 is 0 Å². The average molecular weight is 981 g/mol. The van der Waals surface area contributed by atoms with E-state index < -0.39 is 0 Å². The fourth-order valence-electron chi connectivity index (χ4n) is 16.3. The molecule has 2 heteroatoms. The van der Waals surface area contributed by atoms with E-state index in [2.05, 4.69) is 177 Å². The Bertz CT molecular complexity index is 2530. The van der Waals surface area contributed by atoms with Crippen LogP contribution in [-0.2, 0) is 36.2 Å². The van der Waals surface area contributed by atoms with Gasteiger partial charge in [-0.25, -0.2) is 0 Å². The van der Waals surface area contributed by atoms with Gasteiger partial charge in [-0.1, -0.05) is 179 Å². The Kier molecular flexibility index (Phi) is 13.8. The second-order valence-corrected chi connectivity index (χ2v) is 22.4. The number of benzene rings is 6. The predicted octanol–water partition coefficient (Wildman–Crippen LogP) is 17.8. The zero-order chi connectivity index (χ0) is 44.2. The van der Waals surface area contributed by atoms with Crippen molar-refractivity contribution in [2.45, 2.75) is 89.9 Å². The van der Waals surface area contributed by atoms with Gasteiger partial charge >= 0.3 is 30.2 Å². The predicted molar refractivity (Wildman–Crippen MR) is 288 cm³/mol. The molecule has 0 aliphatic heterocycles. The zero-order valence-electron chi connectivity index (χ0n) is 40.5. The van der Waals surface area contributed by atoms with Crippen LogP contribution in [-0.4, -0.2) is 6.88 Å². The molecule has 0 aromatic heterocycles. The van der Waals surface area contributed by atoms with Gasteiger partial charge in [-0.15, -0.1) is 44.8 Å². The summed E-state index contributed by atoms with van der Waals surface area (Å²) in [6.45, 7) is 3.06. The van der Waals surface area contributed by atoms with E-state index in [1.165, 1.54) is 179 Å². The summed E-state index contributed by atoms with van der Waals surface area (Å²) in [7, 11) is 0. The molecule has 0 spiro atoms. The Balaban J connectivity index is 0.000000149. The van der Waals surface area contributed by atoms with Crippen molar-refractivity contribution in [1.29, 1.82) is 0 Å². The Hall–Kier alpha value is -4.36. The summed E-state index contributed by atoms with van der Waals surface area (Å²) in [5, 5.41) is 5.71. The van der Waals surface area contributed by atoms with Crippen LogP contribution in [0, 0.1) is 61.2 Å². The summed E-state index contributed by atoms with van der Waals surface area (Å²) in [5.41, 5.74) is 15.1. The molecule has 8 aromatic carbocycles. The van der Waals surface area contributed by atoms with Gasteiger partial charge in [0.25, 0.3) is 0 Å². The summed E-state index contributed by atoms with van der Waals surface area (Å²) in [6.07, 6.45) is 20.6. The molecule has 0 saturated heterocycles. The molecule has 2 radical (unpaired) electrons. The third kappa shape index (κ3) is 9.12. The summed E-state index contributed by atoms with van der Waals surface area (Å²) in [4.78, 5) is 0. The Labute approximate surface area is 425 Å². The molecular formula is C66H68SiZr-4. The van der Waals surface area contributed by atoms with Crippen LogP contribution in [0.4, 0.5) is 0 Å². The van der Waals surface area contributed by atoms with Crippen molar-refractivity contribution in [3.63, 3.8) is 0 Å². The minimum atomic E-state index is 0. The van der Waals surface area contributed by atoms with Crippen molar-refractivity contribution < 1.29 is 23.3 Å². The van der Waals surface area contributed by atoms with Crippen molar-refractivity contribution >= 4 is 28.4 Å². The smallest absolute Gasteiger partial charge is 0.0265 e. The molecule has 16 rings (SSSR count). The molecule has 0 atom stereocenters. The Morgan fingerprint density at radius 2 is 0.618 bits per heavy atom. The van der Waals surface area contributed by atoms with E-state index in [4.69, 9.17) is 0 Å². The fraction of sp³-hybridized carbons (Fsp3) is 0.333. The number of fused-ring (bicyclic) bond motifs is 2. The zero-order valence-corrected chi connectivity index (χ0v) is 44.0. The van der Waals surface area contributed by atoms with E-state index in [9.17, 15) is 0 Å². The monoisotopic (exact) mass is 978 g/mol. The van der Waals surface area contributed by atoms with Gasteiger partial charge in [0.05, 0.1) is 0 Å². The van der Waals surface area contributed by atoms with E-state index in [0.29, 0.717) is 10.8 Å². The molecule has 344 valence electrons. The molecule has 0 N–H and O–H groups in total. The Morgan fingerprint density at radius 1 is 0.368 bits per heavy atom. The molecular weight excluding hydrogens is 912 g/mol. The first-order chi connectivity index (χ1) is 32.5. The molecule has 68 heavy (non-hydrogen) atoms. The van der Waals surface area contributed by atoms with Crippen LogP contribution in [0.5, 0.6) is 0 Å². The van der Waals surface area contributed by atoms with Crippen LogP contribution in [0.3, 0.4) is 0 Å². The Morgan fingerprint density at radius 3 is 0.897 bits per heavy atom. The minimum absolute atomic E-state index is 0. The fourth-order valence-corrected chi connectivity index (χ4v) is 16.3. The maximum Gasteiger partial charge on any atom is -0.0265 e. The SMILES string of the molecule is [CH3-].[CH3-].[Si]=[Zr].c1ccc(-c2ccc(-c3ccccc3)c3[cH-]c(CC45CC6CC(CC(C6)C4)C5)cc23)cc1.c1ccc(-c2ccc(-c3ccccc3)c3[cH-]c(CC45CC6CC(CC(C6)C4)C5)cc23)cc1. The van der Waals surface area contributed by atoms with Gasteiger partial charge in [0, 0.05) is 0 Å². The largest absolute Gasteiger partial charge is 0.164 e. The summed E-state index contributed by atoms with van der Waals surface area (Å²) >= 11 is 1.36. The van der Waals surface area contributed by atoms with Gasteiger partial charge in [-0.3, -0.25) is 0 Å². The second-order valence-electron chi connectivity index (χ2n) is 22.4. The molecule has 0 unspecified atom stereocenters. The van der Waals surface area contributed by atoms with Gasteiger partial charge in [0.15, 0.2) is 0 Å². The maximum atomic E-state index is 3.06. The first-order valence-electron chi connectivity index (χ1n) is 25.4. The minimum Gasteiger partial charge on any atom is -0.164 e. The molecule has 8 bridgehead atoms. The number of hydrogen-bond acceptors (Lipinski definition) is 0. The van der Waals surface area contributed by atoms with Gasteiger partial charge in [0.2, 0.25) is 0 Å². The van der Waals surface area contributed by atoms with Crippen molar-refractivity contribution in [1.82, 2.24) is 0 Å². The topological polar surface area (TPSA) is 0 Å². The second kappa shape index (κ2) is 19.8. The van der Waals surface area contributed by atoms with Gasteiger partial charge < -0.3 is 14.9 Å². The van der Waals surface area contributed by atoms with Crippen LogP contribution < -0.4 is 0 Å². The molecule has 0 amide bonds. The number of hydrogen-bond donors (Lipinski definition) is 0. The van der Waals surface area contributed by atoms with Crippen LogP contribution >= 0.6 is 0 Å². The summed E-state index contributed by atoms with van der Waals surface area (Å²) in [5.74, 6) is 6.11. The van der Waals surface area contributed by atoms with Crippen molar-refractivity contribution in [2.24, 2.45) is 46.3 Å². The van der Waals surface area contributed by atoms with E-state index in [0.717, 1.165) is 35.5 Å². The third-order valence-electron chi connectivity index (χ3n) is 17.7. The van der Waals surface area contributed by atoms with Crippen LogP contribution in [0.1, 0.15) is 88.2 Å². The molecule has 8 fully saturated rings. The summed E-state index contributed by atoms with van der Waals surface area (Å²) in [6, 6.07) is 63.3. The van der Waals surface area contributed by atoms with Crippen molar-refractivity contribution in [3.05, 3.63) is 196 Å². The molecule has 0 heterocycles. The maximum absolute atomic E-state index is 3.06. The first kappa shape index (κ1) is 47.3. The van der Waals surface area contributed by atoms with Crippen LogP contribution in [0.25, 0.3) is 66.1 Å². The molecule has 8 aromatic rings. The first-order valence-corrected chi connectivity index (χ1v) is 29.6. The van der Waals surface area contributed by atoms with Crippen LogP contribution in [0.2, 0.25) is 0 Å². The van der Waals surface area contributed by atoms with Gasteiger partial charge in [0.1, 0.15) is 0 Å². The van der Waals surface area contributed by atoms with E-state index in [1.807, 2.05) is 0 Å². The molecule has 8 aliphatic rings. The average Bonchev–Trinajstić information content (AvgIpc) is 3.96.